The zero-order valence-electron chi connectivity index (χ0n) is 12.3. The Morgan fingerprint density at radius 3 is 2.70 bits per heavy atom. The molecule has 2 rings (SSSR count). The number of carbonyl (C=O) groups is 2. The summed E-state index contributed by atoms with van der Waals surface area (Å²) < 4.78 is 9.66. The van der Waals surface area contributed by atoms with Crippen molar-refractivity contribution in [3.8, 4) is 6.07 Å². The van der Waals surface area contributed by atoms with E-state index in [0.29, 0.717) is 0 Å². The first-order chi connectivity index (χ1) is 11.1. The maximum absolute atomic E-state index is 11.8. The minimum Gasteiger partial charge on any atom is -0.465 e. The Bertz CT molecular complexity index is 754. The number of ether oxygens (including phenoxy) is 2. The third-order valence-electron chi connectivity index (χ3n) is 2.86. The molecule has 116 valence electrons. The number of rotatable bonds is 4. The van der Waals surface area contributed by atoms with Crippen molar-refractivity contribution in [2.75, 3.05) is 12.4 Å². The van der Waals surface area contributed by atoms with E-state index in [-0.39, 0.29) is 23.6 Å². The van der Waals surface area contributed by atoms with E-state index in [0.717, 1.165) is 5.56 Å². The average Bonchev–Trinajstić information content (AvgIpc) is 2.60. The van der Waals surface area contributed by atoms with Crippen LogP contribution in [0, 0.1) is 11.3 Å². The van der Waals surface area contributed by atoms with Gasteiger partial charge in [0.2, 0.25) is 0 Å². The smallest absolute Gasteiger partial charge is 0.413 e. The van der Waals surface area contributed by atoms with Crippen LogP contribution in [-0.4, -0.2) is 24.2 Å². The lowest BCUT2D eigenvalue weighted by Gasteiger charge is -2.09. The largest absolute Gasteiger partial charge is 0.465 e. The molecule has 1 heterocycles. The molecule has 0 aliphatic heterocycles. The van der Waals surface area contributed by atoms with Crippen molar-refractivity contribution in [1.82, 2.24) is 4.98 Å². The van der Waals surface area contributed by atoms with Crippen LogP contribution in [0.15, 0.2) is 42.6 Å². The van der Waals surface area contributed by atoms with Crippen molar-refractivity contribution in [2.24, 2.45) is 0 Å². The third-order valence-corrected chi connectivity index (χ3v) is 2.86. The standard InChI is InChI=1S/C16H13N3O4/c1-22-15(20)13-7-12(8-17)9-18-14(13)19-16(21)23-10-11-5-3-2-4-6-11/h2-7,9H,10H2,1H3,(H,18,19,21). The van der Waals surface area contributed by atoms with Crippen LogP contribution in [0.1, 0.15) is 21.5 Å². The second kappa shape index (κ2) is 7.56. The van der Waals surface area contributed by atoms with E-state index in [1.54, 1.807) is 0 Å². The van der Waals surface area contributed by atoms with E-state index in [2.05, 4.69) is 15.0 Å². The molecule has 1 N–H and O–H groups in total. The molecule has 23 heavy (non-hydrogen) atoms. The Balaban J connectivity index is 2.08. The van der Waals surface area contributed by atoms with E-state index in [1.165, 1.54) is 19.4 Å². The molecule has 2 aromatic rings. The molecule has 0 saturated heterocycles. The lowest BCUT2D eigenvalue weighted by Crippen LogP contribution is -2.18. The zero-order valence-corrected chi connectivity index (χ0v) is 12.3. The molecule has 0 fully saturated rings. The van der Waals surface area contributed by atoms with E-state index in [4.69, 9.17) is 10.00 Å². The van der Waals surface area contributed by atoms with Crippen LogP contribution in [0.5, 0.6) is 0 Å². The summed E-state index contributed by atoms with van der Waals surface area (Å²) in [5.74, 6) is -0.748. The Labute approximate surface area is 132 Å². The first-order valence-corrected chi connectivity index (χ1v) is 6.60. The Morgan fingerprint density at radius 1 is 1.30 bits per heavy atom. The molecule has 0 unspecified atom stereocenters. The van der Waals surface area contributed by atoms with Gasteiger partial charge in [0, 0.05) is 6.20 Å². The summed E-state index contributed by atoms with van der Waals surface area (Å²) in [6.07, 6.45) is 0.468. The minimum absolute atomic E-state index is 0.0248. The number of hydrogen-bond donors (Lipinski definition) is 1. The molecule has 7 nitrogen and oxygen atoms in total. The van der Waals surface area contributed by atoms with Gasteiger partial charge in [0.15, 0.2) is 0 Å². The number of anilines is 1. The number of nitrogens with zero attached hydrogens (tertiary/aromatic N) is 2. The van der Waals surface area contributed by atoms with Gasteiger partial charge in [0.05, 0.1) is 12.7 Å². The van der Waals surface area contributed by atoms with Gasteiger partial charge < -0.3 is 9.47 Å². The summed E-state index contributed by atoms with van der Waals surface area (Å²) in [6.45, 7) is 0.0799. The lowest BCUT2D eigenvalue weighted by atomic mass is 10.2. The van der Waals surface area contributed by atoms with Gasteiger partial charge in [-0.15, -0.1) is 0 Å². The van der Waals surface area contributed by atoms with Crippen LogP contribution in [-0.2, 0) is 16.1 Å². The summed E-state index contributed by atoms with van der Waals surface area (Å²) in [5, 5.41) is 11.2. The Hall–Kier alpha value is -3.40. The fraction of sp³-hybridized carbons (Fsp3) is 0.125. The van der Waals surface area contributed by atoms with Crippen LogP contribution >= 0.6 is 0 Å². The number of nitrogens with one attached hydrogen (secondary N) is 1. The molecule has 0 aliphatic carbocycles. The number of pyridine rings is 1. The molecule has 0 atom stereocenters. The summed E-state index contributed by atoms with van der Waals surface area (Å²) in [4.78, 5) is 27.4. The second-order valence-electron chi connectivity index (χ2n) is 4.41. The summed E-state index contributed by atoms with van der Waals surface area (Å²) in [5.41, 5.74) is 0.973. The number of carbonyl (C=O) groups excluding carboxylic acids is 2. The minimum atomic E-state index is -0.767. The van der Waals surface area contributed by atoms with Crippen molar-refractivity contribution in [3.63, 3.8) is 0 Å². The summed E-state index contributed by atoms with van der Waals surface area (Å²) in [6, 6.07) is 12.3. The molecule has 1 amide bonds. The van der Waals surface area contributed by atoms with Crippen LogP contribution in [0.3, 0.4) is 0 Å². The average molecular weight is 311 g/mol. The fourth-order valence-corrected chi connectivity index (χ4v) is 1.75. The highest BCUT2D eigenvalue weighted by atomic mass is 16.5. The van der Waals surface area contributed by atoms with Crippen LogP contribution < -0.4 is 5.32 Å². The van der Waals surface area contributed by atoms with Crippen molar-refractivity contribution < 1.29 is 19.1 Å². The molecule has 1 aromatic carbocycles. The third kappa shape index (κ3) is 4.28. The van der Waals surface area contributed by atoms with Gasteiger partial charge in [-0.1, -0.05) is 30.3 Å². The molecule has 0 saturated carbocycles. The van der Waals surface area contributed by atoms with Gasteiger partial charge in [-0.3, -0.25) is 5.32 Å². The second-order valence-corrected chi connectivity index (χ2v) is 4.41. The topological polar surface area (TPSA) is 101 Å². The van der Waals surface area contributed by atoms with Crippen molar-refractivity contribution in [2.45, 2.75) is 6.61 Å². The molecule has 0 spiro atoms. The number of hydrogen-bond acceptors (Lipinski definition) is 6. The molecular formula is C16H13N3O4. The maximum atomic E-state index is 11.8. The molecule has 0 bridgehead atoms. The first kappa shape index (κ1) is 16.0. The van der Waals surface area contributed by atoms with Gasteiger partial charge in [0.1, 0.15) is 24.1 Å². The Kier molecular flexibility index (Phi) is 5.25. The van der Waals surface area contributed by atoms with Crippen molar-refractivity contribution in [1.29, 1.82) is 5.26 Å². The van der Waals surface area contributed by atoms with Crippen molar-refractivity contribution in [3.05, 3.63) is 59.3 Å². The number of nitriles is 1. The van der Waals surface area contributed by atoms with Crippen molar-refractivity contribution >= 4 is 17.9 Å². The Morgan fingerprint density at radius 2 is 2.04 bits per heavy atom. The zero-order chi connectivity index (χ0) is 16.7. The summed E-state index contributed by atoms with van der Waals surface area (Å²) in [7, 11) is 1.19. The number of benzene rings is 1. The van der Waals surface area contributed by atoms with E-state index in [1.807, 2.05) is 36.4 Å². The number of methoxy groups -OCH3 is 1. The van der Waals surface area contributed by atoms with Gasteiger partial charge in [-0.2, -0.15) is 5.26 Å². The van der Waals surface area contributed by atoms with Gasteiger partial charge in [-0.25, -0.2) is 14.6 Å². The molecule has 1 aromatic heterocycles. The number of esters is 1. The van der Waals surface area contributed by atoms with Gasteiger partial charge >= 0.3 is 12.1 Å². The molecule has 0 aliphatic rings. The maximum Gasteiger partial charge on any atom is 0.413 e. The van der Waals surface area contributed by atoms with Crippen LogP contribution in [0.4, 0.5) is 10.6 Å². The van der Waals surface area contributed by atoms with E-state index in [9.17, 15) is 9.59 Å². The normalized spacial score (nSPS) is 9.57. The first-order valence-electron chi connectivity index (χ1n) is 6.60. The quantitative estimate of drug-likeness (QED) is 0.870. The van der Waals surface area contributed by atoms with Gasteiger partial charge in [-0.05, 0) is 11.6 Å². The highest BCUT2D eigenvalue weighted by molar-refractivity contribution is 5.98. The number of aromatic nitrogens is 1. The van der Waals surface area contributed by atoms with Crippen LogP contribution in [0.2, 0.25) is 0 Å². The molecule has 7 heteroatoms. The van der Waals surface area contributed by atoms with Gasteiger partial charge in [0.25, 0.3) is 0 Å². The summed E-state index contributed by atoms with van der Waals surface area (Å²) >= 11 is 0. The molecule has 0 radical (unpaired) electrons. The number of amides is 1. The van der Waals surface area contributed by atoms with Crippen LogP contribution in [0.25, 0.3) is 0 Å². The fourth-order valence-electron chi connectivity index (χ4n) is 1.75. The SMILES string of the molecule is COC(=O)c1cc(C#N)cnc1NC(=O)OCc1ccccc1. The van der Waals surface area contributed by atoms with E-state index >= 15 is 0 Å². The van der Waals surface area contributed by atoms with E-state index < -0.39 is 12.1 Å². The lowest BCUT2D eigenvalue weighted by molar-refractivity contribution is 0.0601. The molecular weight excluding hydrogens is 298 g/mol. The highest BCUT2D eigenvalue weighted by Crippen LogP contribution is 2.15. The monoisotopic (exact) mass is 311 g/mol. The predicted octanol–water partition coefficient (Wildman–Crippen LogP) is 2.49. The predicted molar refractivity (Wildman–Crippen MR) is 80.5 cm³/mol. The highest BCUT2D eigenvalue weighted by Gasteiger charge is 2.17.